The zero-order valence-corrected chi connectivity index (χ0v) is 21.2. The fraction of sp³-hybridized carbons (Fsp3) is 0.897. The lowest BCUT2D eigenvalue weighted by Gasteiger charge is -2.59. The van der Waals surface area contributed by atoms with Crippen molar-refractivity contribution in [3.8, 4) is 0 Å². The SMILES string of the molecule is CC(=O)C1(O)CC[C@@]2(C)C(=CC[C@H]3[C@@H]4CC[C@H]([C@H](C)CCCC(C)C)[C@@]4(C)CC[C@@H]32)C1. The normalized spacial score (nSPS) is 45.5. The summed E-state index contributed by atoms with van der Waals surface area (Å²) in [4.78, 5) is 12.1. The second-order valence-corrected chi connectivity index (χ2v) is 13.1. The Balaban J connectivity index is 1.51. The van der Waals surface area contributed by atoms with Crippen molar-refractivity contribution >= 4 is 5.78 Å². The molecule has 3 fully saturated rings. The maximum atomic E-state index is 12.1. The van der Waals surface area contributed by atoms with Gasteiger partial charge in [0.15, 0.2) is 5.78 Å². The molecule has 0 saturated heterocycles. The predicted octanol–water partition coefficient (Wildman–Crippen LogP) is 7.35. The molecule has 31 heavy (non-hydrogen) atoms. The highest BCUT2D eigenvalue weighted by Crippen LogP contribution is 2.67. The summed E-state index contributed by atoms with van der Waals surface area (Å²) >= 11 is 0. The lowest BCUT2D eigenvalue weighted by Crippen LogP contribution is -2.53. The van der Waals surface area contributed by atoms with Crippen molar-refractivity contribution in [2.75, 3.05) is 0 Å². The summed E-state index contributed by atoms with van der Waals surface area (Å²) in [6.07, 6.45) is 15.6. The van der Waals surface area contributed by atoms with E-state index < -0.39 is 5.60 Å². The van der Waals surface area contributed by atoms with Crippen LogP contribution in [0.15, 0.2) is 11.6 Å². The van der Waals surface area contributed by atoms with Gasteiger partial charge in [-0.25, -0.2) is 0 Å². The Hall–Kier alpha value is -0.630. The van der Waals surface area contributed by atoms with E-state index in [9.17, 15) is 9.90 Å². The minimum absolute atomic E-state index is 0.0427. The van der Waals surface area contributed by atoms with Gasteiger partial charge in [-0.3, -0.25) is 4.79 Å². The van der Waals surface area contributed by atoms with Gasteiger partial charge in [-0.1, -0.05) is 65.5 Å². The number of carbonyl (C=O) groups excluding carboxylic acids is 1. The number of aliphatic hydroxyl groups is 1. The third-order valence-electron chi connectivity index (χ3n) is 11.0. The van der Waals surface area contributed by atoms with Gasteiger partial charge in [0.05, 0.1) is 0 Å². The summed E-state index contributed by atoms with van der Waals surface area (Å²) in [5, 5.41) is 10.9. The molecule has 0 amide bonds. The Morgan fingerprint density at radius 2 is 1.81 bits per heavy atom. The van der Waals surface area contributed by atoms with Crippen molar-refractivity contribution in [1.29, 1.82) is 0 Å². The van der Waals surface area contributed by atoms with Crippen molar-refractivity contribution in [2.45, 2.75) is 118 Å². The molecule has 4 rings (SSSR count). The first-order valence-electron chi connectivity index (χ1n) is 13.4. The number of ketones is 1. The van der Waals surface area contributed by atoms with E-state index >= 15 is 0 Å². The molecule has 0 bridgehead atoms. The highest BCUT2D eigenvalue weighted by molar-refractivity contribution is 5.85. The molecule has 8 atom stereocenters. The Bertz CT molecular complexity index is 722. The van der Waals surface area contributed by atoms with Crippen LogP contribution in [0, 0.1) is 46.3 Å². The van der Waals surface area contributed by atoms with Gasteiger partial charge >= 0.3 is 0 Å². The van der Waals surface area contributed by atoms with Crippen LogP contribution in [0.3, 0.4) is 0 Å². The van der Waals surface area contributed by atoms with Crippen LogP contribution >= 0.6 is 0 Å². The van der Waals surface area contributed by atoms with Crippen LogP contribution in [0.25, 0.3) is 0 Å². The van der Waals surface area contributed by atoms with E-state index in [1.807, 2.05) is 0 Å². The number of carbonyl (C=O) groups is 1. The maximum absolute atomic E-state index is 12.1. The number of allylic oxidation sites excluding steroid dienone is 1. The third kappa shape index (κ3) is 3.87. The monoisotopic (exact) mass is 428 g/mol. The summed E-state index contributed by atoms with van der Waals surface area (Å²) in [5.74, 6) is 4.97. The quantitative estimate of drug-likeness (QED) is 0.449. The molecule has 0 spiro atoms. The van der Waals surface area contributed by atoms with Gasteiger partial charge in [0, 0.05) is 6.42 Å². The Morgan fingerprint density at radius 1 is 1.06 bits per heavy atom. The first-order valence-corrected chi connectivity index (χ1v) is 13.4. The van der Waals surface area contributed by atoms with Crippen LogP contribution in [0.1, 0.15) is 112 Å². The molecule has 0 aliphatic heterocycles. The van der Waals surface area contributed by atoms with Crippen LogP contribution < -0.4 is 0 Å². The number of fused-ring (bicyclic) bond motifs is 5. The van der Waals surface area contributed by atoms with Gasteiger partial charge in [-0.05, 0) is 98.2 Å². The summed E-state index contributed by atoms with van der Waals surface area (Å²) in [6.45, 7) is 14.0. The largest absolute Gasteiger partial charge is 0.382 e. The number of hydrogen-bond acceptors (Lipinski definition) is 2. The summed E-state index contributed by atoms with van der Waals surface area (Å²) < 4.78 is 0. The first-order chi connectivity index (χ1) is 14.5. The summed E-state index contributed by atoms with van der Waals surface area (Å²) in [5.41, 5.74) is 1.02. The average Bonchev–Trinajstić information content (AvgIpc) is 3.05. The lowest BCUT2D eigenvalue weighted by molar-refractivity contribution is -0.140. The standard InChI is InChI=1S/C29H48O2/c1-19(2)8-7-9-20(3)24-12-13-25-23-11-10-22-18-29(31,21(4)30)17-16-27(22,5)26(23)14-15-28(24,25)6/h10,19-20,23-26,31H,7-9,11-18H2,1-6H3/t20-,23+,24-,25+,26+,27+,28-,29?/m1/s1. The van der Waals surface area contributed by atoms with E-state index in [-0.39, 0.29) is 11.2 Å². The maximum Gasteiger partial charge on any atom is 0.161 e. The molecule has 1 N–H and O–H groups in total. The zero-order chi connectivity index (χ0) is 22.6. The third-order valence-corrected chi connectivity index (χ3v) is 11.0. The molecule has 4 aliphatic carbocycles. The van der Waals surface area contributed by atoms with E-state index in [0.29, 0.717) is 18.3 Å². The van der Waals surface area contributed by atoms with E-state index in [2.05, 4.69) is 40.7 Å². The smallest absolute Gasteiger partial charge is 0.161 e. The molecule has 0 heterocycles. The van der Waals surface area contributed by atoms with Crippen molar-refractivity contribution in [1.82, 2.24) is 0 Å². The molecule has 0 aromatic rings. The van der Waals surface area contributed by atoms with Gasteiger partial charge in [0.2, 0.25) is 0 Å². The van der Waals surface area contributed by atoms with Crippen LogP contribution in [0.5, 0.6) is 0 Å². The number of hydrogen-bond donors (Lipinski definition) is 1. The van der Waals surface area contributed by atoms with Gasteiger partial charge < -0.3 is 5.11 Å². The average molecular weight is 429 g/mol. The molecule has 0 aromatic heterocycles. The van der Waals surface area contributed by atoms with Crippen molar-refractivity contribution in [2.24, 2.45) is 46.3 Å². The van der Waals surface area contributed by atoms with Crippen LogP contribution in [0.4, 0.5) is 0 Å². The van der Waals surface area contributed by atoms with Gasteiger partial charge in [0.1, 0.15) is 5.60 Å². The molecular formula is C29H48O2. The molecule has 4 aliphatic rings. The zero-order valence-electron chi connectivity index (χ0n) is 21.2. The van der Waals surface area contributed by atoms with E-state index in [1.54, 1.807) is 6.92 Å². The van der Waals surface area contributed by atoms with Crippen LogP contribution in [0.2, 0.25) is 0 Å². The topological polar surface area (TPSA) is 37.3 Å². The molecular weight excluding hydrogens is 380 g/mol. The first kappa shape index (κ1) is 23.5. The Morgan fingerprint density at radius 3 is 2.48 bits per heavy atom. The Labute approximate surface area is 191 Å². The lowest BCUT2D eigenvalue weighted by atomic mass is 9.46. The van der Waals surface area contributed by atoms with Crippen molar-refractivity contribution in [3.05, 3.63) is 11.6 Å². The van der Waals surface area contributed by atoms with Gasteiger partial charge in [-0.15, -0.1) is 0 Å². The van der Waals surface area contributed by atoms with E-state index in [0.717, 1.165) is 41.9 Å². The fourth-order valence-electron chi connectivity index (χ4n) is 8.97. The highest BCUT2D eigenvalue weighted by atomic mass is 16.3. The summed E-state index contributed by atoms with van der Waals surface area (Å²) in [6, 6.07) is 0. The van der Waals surface area contributed by atoms with Crippen LogP contribution in [-0.4, -0.2) is 16.5 Å². The second-order valence-electron chi connectivity index (χ2n) is 13.1. The van der Waals surface area contributed by atoms with Crippen LogP contribution in [-0.2, 0) is 4.79 Å². The molecule has 0 radical (unpaired) electrons. The second kappa shape index (κ2) is 8.30. The van der Waals surface area contributed by atoms with Crippen molar-refractivity contribution in [3.63, 3.8) is 0 Å². The minimum Gasteiger partial charge on any atom is -0.382 e. The Kier molecular flexibility index (Phi) is 6.30. The van der Waals surface area contributed by atoms with Crippen molar-refractivity contribution < 1.29 is 9.90 Å². The molecule has 176 valence electrons. The van der Waals surface area contributed by atoms with Gasteiger partial charge in [0.25, 0.3) is 0 Å². The molecule has 1 unspecified atom stereocenters. The molecule has 2 heteroatoms. The minimum atomic E-state index is -1.11. The highest BCUT2D eigenvalue weighted by Gasteiger charge is 2.60. The molecule has 2 nitrogen and oxygen atoms in total. The molecule has 0 aromatic carbocycles. The van der Waals surface area contributed by atoms with Gasteiger partial charge in [-0.2, -0.15) is 0 Å². The number of rotatable bonds is 6. The molecule has 3 saturated carbocycles. The predicted molar refractivity (Wildman–Crippen MR) is 129 cm³/mol. The fourth-order valence-corrected chi connectivity index (χ4v) is 8.97. The number of Topliss-reactive ketones (excluding diaryl/α,β-unsaturated/α-hetero) is 1. The van der Waals surface area contributed by atoms with E-state index in [4.69, 9.17) is 0 Å². The summed E-state index contributed by atoms with van der Waals surface area (Å²) in [7, 11) is 0. The van der Waals surface area contributed by atoms with E-state index in [1.165, 1.54) is 56.9 Å².